The smallest absolute Gasteiger partial charge is 0.406 e. The Labute approximate surface area is 235 Å². The number of hydrogen-bond acceptors (Lipinski definition) is 8. The van der Waals surface area contributed by atoms with E-state index in [0.717, 1.165) is 16.8 Å². The number of aromatic nitrogens is 5. The Hall–Kier alpha value is -4.78. The van der Waals surface area contributed by atoms with Gasteiger partial charge in [-0.2, -0.15) is 0 Å². The van der Waals surface area contributed by atoms with Crippen LogP contribution in [-0.2, 0) is 4.79 Å². The molecule has 2 aromatic heterocycles. The van der Waals surface area contributed by atoms with Crippen molar-refractivity contribution in [2.24, 2.45) is 4.99 Å². The van der Waals surface area contributed by atoms with Crippen molar-refractivity contribution in [1.29, 1.82) is 0 Å². The van der Waals surface area contributed by atoms with Crippen LogP contribution in [0.5, 0.6) is 5.75 Å². The number of benzene rings is 3. The summed E-state index contributed by atoms with van der Waals surface area (Å²) < 4.78 is 42.7. The van der Waals surface area contributed by atoms with Crippen molar-refractivity contribution in [3.63, 3.8) is 0 Å². The lowest BCUT2D eigenvalue weighted by Gasteiger charge is -2.16. The maximum absolute atomic E-state index is 12.9. The molecule has 9 nitrogen and oxygen atoms in total. The van der Waals surface area contributed by atoms with E-state index in [1.807, 2.05) is 32.0 Å². The number of aliphatic imine (C=N–C) groups is 1. The third kappa shape index (κ3) is 5.48. The molecule has 1 aliphatic rings. The zero-order valence-electron chi connectivity index (χ0n) is 21.6. The van der Waals surface area contributed by atoms with Gasteiger partial charge in [0.1, 0.15) is 12.1 Å². The lowest BCUT2D eigenvalue weighted by molar-refractivity contribution is -0.274. The molecule has 0 unspecified atom stereocenters. The SMILES string of the molecule is Cc1cccc(C)c1/N=C1\SCC(=O)N1c1cnc2ccc(-c3ncn(-c4ccc(OC(F)(F)F)cc4)n3)cc2n1. The van der Waals surface area contributed by atoms with Crippen molar-refractivity contribution in [3.8, 4) is 22.8 Å². The van der Waals surface area contributed by atoms with E-state index in [-0.39, 0.29) is 17.4 Å². The number of anilines is 1. The second-order valence-electron chi connectivity index (χ2n) is 9.14. The van der Waals surface area contributed by atoms with Crippen molar-refractivity contribution < 1.29 is 22.7 Å². The number of amides is 1. The molecule has 0 saturated carbocycles. The number of nitrogens with zero attached hydrogens (tertiary/aromatic N) is 7. The van der Waals surface area contributed by atoms with E-state index >= 15 is 0 Å². The fraction of sp³-hybridized carbons (Fsp3) is 0.143. The van der Waals surface area contributed by atoms with Gasteiger partial charge >= 0.3 is 6.36 Å². The van der Waals surface area contributed by atoms with Gasteiger partial charge in [0.15, 0.2) is 16.8 Å². The van der Waals surface area contributed by atoms with Gasteiger partial charge in [-0.05, 0) is 67.4 Å². The maximum atomic E-state index is 12.9. The van der Waals surface area contributed by atoms with E-state index in [2.05, 4.69) is 19.8 Å². The van der Waals surface area contributed by atoms with Gasteiger partial charge in [0.2, 0.25) is 5.91 Å². The predicted molar refractivity (Wildman–Crippen MR) is 150 cm³/mol. The zero-order chi connectivity index (χ0) is 28.7. The monoisotopic (exact) mass is 575 g/mol. The standard InChI is InChI=1S/C28H20F3N7O2S/c1-16-4-3-5-17(2)25(16)35-27-38(24(39)14-41-27)23-13-32-21-11-6-18(12-22(21)34-23)26-33-15-37(36-26)19-7-9-20(10-8-19)40-28(29,30)31/h3-13,15H,14H2,1-2H3/b35-27-. The van der Waals surface area contributed by atoms with Gasteiger partial charge in [0.25, 0.3) is 0 Å². The molecule has 3 aromatic carbocycles. The second-order valence-corrected chi connectivity index (χ2v) is 10.1. The first kappa shape index (κ1) is 26.4. The highest BCUT2D eigenvalue weighted by Gasteiger charge is 2.32. The molecule has 5 aromatic rings. The number of rotatable bonds is 5. The average Bonchev–Trinajstić information content (AvgIpc) is 3.57. The van der Waals surface area contributed by atoms with Gasteiger partial charge in [-0.1, -0.05) is 30.0 Å². The van der Waals surface area contributed by atoms with Crippen LogP contribution in [0.3, 0.4) is 0 Å². The van der Waals surface area contributed by atoms with Crippen LogP contribution in [0.2, 0.25) is 0 Å². The van der Waals surface area contributed by atoms with Crippen LogP contribution in [0, 0.1) is 13.8 Å². The number of carbonyl (C=O) groups is 1. The summed E-state index contributed by atoms with van der Waals surface area (Å²) in [5, 5.41) is 4.99. The largest absolute Gasteiger partial charge is 0.573 e. The number of halogens is 3. The van der Waals surface area contributed by atoms with Crippen molar-refractivity contribution in [1.82, 2.24) is 24.7 Å². The summed E-state index contributed by atoms with van der Waals surface area (Å²) in [5.41, 5.74) is 5.11. The summed E-state index contributed by atoms with van der Waals surface area (Å²) in [6, 6.07) is 16.5. The quantitative estimate of drug-likeness (QED) is 0.248. The van der Waals surface area contributed by atoms with E-state index in [4.69, 9.17) is 9.98 Å². The Morgan fingerprint density at radius 2 is 1.73 bits per heavy atom. The number of fused-ring (bicyclic) bond motifs is 1. The number of thioether (sulfide) groups is 1. The third-order valence-corrected chi connectivity index (χ3v) is 7.18. The molecule has 13 heteroatoms. The molecule has 0 bridgehead atoms. The van der Waals surface area contributed by atoms with Gasteiger partial charge in [0.05, 0.1) is 34.4 Å². The van der Waals surface area contributed by atoms with Crippen LogP contribution in [0.15, 0.2) is 78.2 Å². The van der Waals surface area contributed by atoms with Gasteiger partial charge in [-0.15, -0.1) is 18.3 Å². The average molecular weight is 576 g/mol. The van der Waals surface area contributed by atoms with Crippen LogP contribution in [0.1, 0.15) is 11.1 Å². The van der Waals surface area contributed by atoms with E-state index in [9.17, 15) is 18.0 Å². The molecule has 0 spiro atoms. The van der Waals surface area contributed by atoms with Gasteiger partial charge in [-0.3, -0.25) is 9.78 Å². The summed E-state index contributed by atoms with van der Waals surface area (Å²) in [6.45, 7) is 3.95. The number of hydrogen-bond donors (Lipinski definition) is 0. The first-order valence-electron chi connectivity index (χ1n) is 12.3. The van der Waals surface area contributed by atoms with Crippen molar-refractivity contribution in [3.05, 3.63) is 84.3 Å². The molecular weight excluding hydrogens is 555 g/mol. The molecule has 6 rings (SSSR count). The van der Waals surface area contributed by atoms with Crippen LogP contribution in [-0.4, -0.2) is 47.9 Å². The van der Waals surface area contributed by atoms with Crippen LogP contribution < -0.4 is 9.64 Å². The number of aryl methyl sites for hydroxylation is 2. The van der Waals surface area contributed by atoms with E-state index in [1.165, 1.54) is 51.9 Å². The summed E-state index contributed by atoms with van der Waals surface area (Å²) >= 11 is 1.35. The second kappa shape index (κ2) is 10.3. The number of alkyl halides is 3. The highest BCUT2D eigenvalue weighted by molar-refractivity contribution is 8.15. The summed E-state index contributed by atoms with van der Waals surface area (Å²) in [6.07, 6.45) is -1.77. The summed E-state index contributed by atoms with van der Waals surface area (Å²) in [4.78, 5) is 32.7. The molecule has 1 saturated heterocycles. The van der Waals surface area contributed by atoms with Crippen molar-refractivity contribution >= 4 is 45.4 Å². The first-order chi connectivity index (χ1) is 19.6. The molecule has 41 heavy (non-hydrogen) atoms. The maximum Gasteiger partial charge on any atom is 0.573 e. The molecule has 3 heterocycles. The third-order valence-electron chi connectivity index (χ3n) is 6.26. The molecule has 1 amide bonds. The molecule has 0 atom stereocenters. The van der Waals surface area contributed by atoms with Gasteiger partial charge in [0, 0.05) is 5.56 Å². The lowest BCUT2D eigenvalue weighted by Crippen LogP contribution is -2.30. The summed E-state index contributed by atoms with van der Waals surface area (Å²) in [7, 11) is 0. The van der Waals surface area contributed by atoms with Gasteiger partial charge < -0.3 is 4.74 Å². The molecule has 0 N–H and O–H groups in total. The van der Waals surface area contributed by atoms with Crippen LogP contribution in [0.4, 0.5) is 24.7 Å². The number of para-hydroxylation sites is 1. The van der Waals surface area contributed by atoms with E-state index < -0.39 is 6.36 Å². The lowest BCUT2D eigenvalue weighted by atomic mass is 10.1. The molecular formula is C28H20F3N7O2S. The van der Waals surface area contributed by atoms with E-state index in [1.54, 1.807) is 24.4 Å². The highest BCUT2D eigenvalue weighted by Crippen LogP contribution is 2.32. The summed E-state index contributed by atoms with van der Waals surface area (Å²) in [5.74, 6) is 0.502. The molecule has 0 radical (unpaired) electrons. The number of amidine groups is 1. The fourth-order valence-corrected chi connectivity index (χ4v) is 5.18. The Bertz CT molecular complexity index is 1800. The van der Waals surface area contributed by atoms with Crippen LogP contribution >= 0.6 is 11.8 Å². The molecule has 1 fully saturated rings. The van der Waals surface area contributed by atoms with E-state index in [0.29, 0.717) is 39.1 Å². The van der Waals surface area contributed by atoms with Crippen LogP contribution in [0.25, 0.3) is 28.1 Å². The van der Waals surface area contributed by atoms with Crippen molar-refractivity contribution in [2.75, 3.05) is 10.7 Å². The Morgan fingerprint density at radius 1 is 0.976 bits per heavy atom. The Kier molecular flexibility index (Phi) is 6.66. The Balaban J connectivity index is 1.30. The zero-order valence-corrected chi connectivity index (χ0v) is 22.4. The minimum absolute atomic E-state index is 0.142. The number of ether oxygens (including phenoxy) is 1. The number of carbonyl (C=O) groups excluding carboxylic acids is 1. The first-order valence-corrected chi connectivity index (χ1v) is 13.3. The molecule has 1 aliphatic heterocycles. The fourth-order valence-electron chi connectivity index (χ4n) is 4.32. The topological polar surface area (TPSA) is 98.4 Å². The normalized spacial score (nSPS) is 14.8. The van der Waals surface area contributed by atoms with Gasteiger partial charge in [-0.25, -0.2) is 24.5 Å². The molecule has 0 aliphatic carbocycles. The Morgan fingerprint density at radius 3 is 2.46 bits per heavy atom. The predicted octanol–water partition coefficient (Wildman–Crippen LogP) is 6.16. The highest BCUT2D eigenvalue weighted by atomic mass is 32.2. The molecule has 206 valence electrons. The minimum Gasteiger partial charge on any atom is -0.406 e. The van der Waals surface area contributed by atoms with Crippen molar-refractivity contribution in [2.45, 2.75) is 20.2 Å². The minimum atomic E-state index is -4.77.